The molecule has 0 fully saturated rings. The van der Waals surface area contributed by atoms with E-state index in [0.717, 1.165) is 5.56 Å². The summed E-state index contributed by atoms with van der Waals surface area (Å²) < 4.78 is 1.44. The molecule has 2 aromatic rings. The average Bonchev–Trinajstić information content (AvgIpc) is 2.65. The molecule has 1 amide bonds. The lowest BCUT2D eigenvalue weighted by Gasteiger charge is -2.06. The molecule has 0 atom stereocenters. The van der Waals surface area contributed by atoms with E-state index >= 15 is 0 Å². The quantitative estimate of drug-likeness (QED) is 0.873. The smallest absolute Gasteiger partial charge is 0.261 e. The molecule has 1 heterocycles. The Hall–Kier alpha value is -2.01. The van der Waals surface area contributed by atoms with Crippen LogP contribution in [0.25, 0.3) is 0 Å². The summed E-state index contributed by atoms with van der Waals surface area (Å²) in [5.41, 5.74) is 7.64. The van der Waals surface area contributed by atoms with Crippen molar-refractivity contribution in [3.8, 4) is 0 Å². The summed E-state index contributed by atoms with van der Waals surface area (Å²) in [7, 11) is 1.68. The molecule has 1 aromatic carbocycles. The SMILES string of the molecule is Cc1ccc(NC(=O)c2cnn(C)c2N)cc1Cl. The standard InChI is InChI=1S/C12H13ClN4O/c1-7-3-4-8(5-10(7)13)16-12(18)9-6-15-17(2)11(9)14/h3-6H,14H2,1-2H3,(H,16,18). The molecule has 94 valence electrons. The predicted octanol–water partition coefficient (Wildman–Crippen LogP) is 2.22. The van der Waals surface area contributed by atoms with Crippen LogP contribution in [0, 0.1) is 6.92 Å². The van der Waals surface area contributed by atoms with E-state index < -0.39 is 0 Å². The van der Waals surface area contributed by atoms with Crippen LogP contribution in [0.5, 0.6) is 0 Å². The van der Waals surface area contributed by atoms with E-state index in [1.54, 1.807) is 19.2 Å². The van der Waals surface area contributed by atoms with Gasteiger partial charge in [0, 0.05) is 17.8 Å². The van der Waals surface area contributed by atoms with Crippen LogP contribution in [0.1, 0.15) is 15.9 Å². The molecule has 1 aromatic heterocycles. The van der Waals surface area contributed by atoms with Crippen LogP contribution in [0.2, 0.25) is 5.02 Å². The van der Waals surface area contributed by atoms with Crippen molar-refractivity contribution in [2.24, 2.45) is 7.05 Å². The normalized spacial score (nSPS) is 10.4. The van der Waals surface area contributed by atoms with Gasteiger partial charge in [0.15, 0.2) is 0 Å². The number of carbonyl (C=O) groups is 1. The van der Waals surface area contributed by atoms with E-state index in [-0.39, 0.29) is 5.91 Å². The molecular weight excluding hydrogens is 252 g/mol. The minimum atomic E-state index is -0.305. The lowest BCUT2D eigenvalue weighted by atomic mass is 10.2. The molecule has 5 nitrogen and oxygen atoms in total. The molecule has 0 unspecified atom stereocenters. The molecule has 0 aliphatic carbocycles. The summed E-state index contributed by atoms with van der Waals surface area (Å²) in [6.07, 6.45) is 1.43. The van der Waals surface area contributed by atoms with Crippen LogP contribution < -0.4 is 11.1 Å². The predicted molar refractivity (Wildman–Crippen MR) is 71.8 cm³/mol. The first kappa shape index (κ1) is 12.4. The number of aryl methyl sites for hydroxylation is 2. The van der Waals surface area contributed by atoms with Crippen molar-refractivity contribution >= 4 is 29.0 Å². The van der Waals surface area contributed by atoms with Crippen LogP contribution in [0.4, 0.5) is 11.5 Å². The monoisotopic (exact) mass is 264 g/mol. The lowest BCUT2D eigenvalue weighted by Crippen LogP contribution is -2.13. The highest BCUT2D eigenvalue weighted by atomic mass is 35.5. The van der Waals surface area contributed by atoms with Crippen LogP contribution in [0.15, 0.2) is 24.4 Å². The highest BCUT2D eigenvalue weighted by Crippen LogP contribution is 2.21. The number of carbonyl (C=O) groups excluding carboxylic acids is 1. The van der Waals surface area contributed by atoms with Crippen LogP contribution >= 0.6 is 11.6 Å². The van der Waals surface area contributed by atoms with Gasteiger partial charge in [-0.3, -0.25) is 9.48 Å². The average molecular weight is 265 g/mol. The zero-order valence-corrected chi connectivity index (χ0v) is 10.8. The maximum Gasteiger partial charge on any atom is 0.261 e. The summed E-state index contributed by atoms with van der Waals surface area (Å²) in [6.45, 7) is 1.90. The van der Waals surface area contributed by atoms with Gasteiger partial charge in [0.05, 0.1) is 6.20 Å². The number of nitrogens with two attached hydrogens (primary N) is 1. The van der Waals surface area contributed by atoms with Crippen LogP contribution in [-0.4, -0.2) is 15.7 Å². The molecule has 6 heteroatoms. The molecule has 0 spiro atoms. The Bertz CT molecular complexity index is 606. The molecule has 0 saturated carbocycles. The first-order chi connectivity index (χ1) is 8.49. The van der Waals surface area contributed by atoms with Gasteiger partial charge in [0.1, 0.15) is 11.4 Å². The zero-order valence-electron chi connectivity index (χ0n) is 10.1. The van der Waals surface area contributed by atoms with Crippen molar-refractivity contribution in [1.29, 1.82) is 0 Å². The third-order valence-corrected chi connectivity index (χ3v) is 3.07. The van der Waals surface area contributed by atoms with Crippen molar-refractivity contribution in [3.05, 3.63) is 40.5 Å². The highest BCUT2D eigenvalue weighted by molar-refractivity contribution is 6.31. The fraction of sp³-hybridized carbons (Fsp3) is 0.167. The first-order valence-electron chi connectivity index (χ1n) is 5.34. The Kier molecular flexibility index (Phi) is 3.25. The number of hydrogen-bond donors (Lipinski definition) is 2. The number of rotatable bonds is 2. The van der Waals surface area contributed by atoms with E-state index in [2.05, 4.69) is 10.4 Å². The van der Waals surface area contributed by atoms with Crippen molar-refractivity contribution in [1.82, 2.24) is 9.78 Å². The van der Waals surface area contributed by atoms with Gasteiger partial charge in [-0.05, 0) is 24.6 Å². The number of nitrogen functional groups attached to an aromatic ring is 1. The summed E-state index contributed by atoms with van der Waals surface area (Å²) in [5.74, 6) is 0.0197. The molecule has 0 saturated heterocycles. The minimum absolute atomic E-state index is 0.305. The number of amides is 1. The Morgan fingerprint density at radius 1 is 1.50 bits per heavy atom. The minimum Gasteiger partial charge on any atom is -0.383 e. The number of benzene rings is 1. The molecule has 0 radical (unpaired) electrons. The molecule has 2 rings (SSSR count). The number of anilines is 2. The number of aromatic nitrogens is 2. The summed E-state index contributed by atoms with van der Waals surface area (Å²) in [6, 6.07) is 5.32. The highest BCUT2D eigenvalue weighted by Gasteiger charge is 2.13. The van der Waals surface area contributed by atoms with Crippen molar-refractivity contribution in [3.63, 3.8) is 0 Å². The lowest BCUT2D eigenvalue weighted by molar-refractivity contribution is 0.102. The Balaban J connectivity index is 2.21. The Morgan fingerprint density at radius 2 is 2.22 bits per heavy atom. The second kappa shape index (κ2) is 4.70. The Labute approximate surface area is 110 Å². The molecular formula is C12H13ClN4O. The third kappa shape index (κ3) is 2.31. The number of halogens is 1. The fourth-order valence-electron chi connectivity index (χ4n) is 1.49. The van der Waals surface area contributed by atoms with E-state index in [4.69, 9.17) is 17.3 Å². The van der Waals surface area contributed by atoms with Gasteiger partial charge in [-0.1, -0.05) is 17.7 Å². The molecule has 0 bridgehead atoms. The number of nitrogens with zero attached hydrogens (tertiary/aromatic N) is 2. The van der Waals surface area contributed by atoms with E-state index in [0.29, 0.717) is 22.1 Å². The van der Waals surface area contributed by atoms with Gasteiger partial charge in [0.25, 0.3) is 5.91 Å². The number of hydrogen-bond acceptors (Lipinski definition) is 3. The maximum absolute atomic E-state index is 12.0. The summed E-state index contributed by atoms with van der Waals surface area (Å²) in [4.78, 5) is 12.0. The second-order valence-electron chi connectivity index (χ2n) is 3.99. The van der Waals surface area contributed by atoms with Crippen LogP contribution in [-0.2, 0) is 7.05 Å². The third-order valence-electron chi connectivity index (χ3n) is 2.66. The summed E-state index contributed by atoms with van der Waals surface area (Å²) in [5, 5.41) is 7.24. The van der Waals surface area contributed by atoms with Gasteiger partial charge in [-0.15, -0.1) is 0 Å². The fourth-order valence-corrected chi connectivity index (χ4v) is 1.67. The summed E-state index contributed by atoms with van der Waals surface area (Å²) >= 11 is 5.99. The van der Waals surface area contributed by atoms with Gasteiger partial charge in [0.2, 0.25) is 0 Å². The molecule has 0 aliphatic heterocycles. The molecule has 18 heavy (non-hydrogen) atoms. The van der Waals surface area contributed by atoms with Gasteiger partial charge >= 0.3 is 0 Å². The maximum atomic E-state index is 12.0. The zero-order chi connectivity index (χ0) is 13.3. The van der Waals surface area contributed by atoms with E-state index in [1.165, 1.54) is 10.9 Å². The first-order valence-corrected chi connectivity index (χ1v) is 5.72. The molecule has 3 N–H and O–H groups in total. The van der Waals surface area contributed by atoms with Crippen molar-refractivity contribution in [2.45, 2.75) is 6.92 Å². The van der Waals surface area contributed by atoms with Crippen LogP contribution in [0.3, 0.4) is 0 Å². The van der Waals surface area contributed by atoms with Gasteiger partial charge in [-0.2, -0.15) is 5.10 Å². The van der Waals surface area contributed by atoms with E-state index in [9.17, 15) is 4.79 Å². The van der Waals surface area contributed by atoms with Gasteiger partial charge in [-0.25, -0.2) is 0 Å². The second-order valence-corrected chi connectivity index (χ2v) is 4.39. The number of nitrogens with one attached hydrogen (secondary N) is 1. The molecule has 0 aliphatic rings. The van der Waals surface area contributed by atoms with Crippen molar-refractivity contribution in [2.75, 3.05) is 11.1 Å². The largest absolute Gasteiger partial charge is 0.383 e. The Morgan fingerprint density at radius 3 is 2.78 bits per heavy atom. The van der Waals surface area contributed by atoms with Gasteiger partial charge < -0.3 is 11.1 Å². The van der Waals surface area contributed by atoms with Crippen molar-refractivity contribution < 1.29 is 4.79 Å². The van der Waals surface area contributed by atoms with E-state index in [1.807, 2.05) is 13.0 Å². The topological polar surface area (TPSA) is 72.9 Å².